The van der Waals surface area contributed by atoms with Crippen molar-refractivity contribution in [3.05, 3.63) is 35.4 Å². The fourth-order valence-electron chi connectivity index (χ4n) is 1.64. The van der Waals surface area contributed by atoms with Crippen LogP contribution < -0.4 is 0 Å². The monoisotopic (exact) mass is 282 g/mol. The lowest BCUT2D eigenvalue weighted by molar-refractivity contribution is -0.306. The minimum absolute atomic E-state index is 0.0105. The molecule has 0 spiro atoms. The van der Waals surface area contributed by atoms with E-state index in [1.165, 1.54) is 19.2 Å². The highest BCUT2D eigenvalue weighted by Gasteiger charge is 2.26. The van der Waals surface area contributed by atoms with Crippen molar-refractivity contribution >= 4 is 11.9 Å². The van der Waals surface area contributed by atoms with Crippen molar-refractivity contribution < 1.29 is 33.6 Å². The Hall–Kier alpha value is -1.96. The number of methoxy groups -OCH3 is 1. The fraction of sp³-hybridized carbons (Fsp3) is 0.385. The summed E-state index contributed by atoms with van der Waals surface area (Å²) >= 11 is 0. The van der Waals surface area contributed by atoms with Crippen LogP contribution in [0.5, 0.6) is 0 Å². The maximum absolute atomic E-state index is 12.0. The van der Waals surface area contributed by atoms with Crippen LogP contribution in [0.3, 0.4) is 0 Å². The van der Waals surface area contributed by atoms with Gasteiger partial charge in [-0.05, 0) is 12.1 Å². The number of carbonyl (C=O) groups is 2. The molecule has 7 heteroatoms. The first kappa shape index (κ1) is 14.4. The summed E-state index contributed by atoms with van der Waals surface area (Å²) in [5, 5.41) is 9.18. The zero-order chi connectivity index (χ0) is 14.5. The van der Waals surface area contributed by atoms with Crippen LogP contribution in [0.25, 0.3) is 0 Å². The molecule has 1 aliphatic rings. The first-order valence-electron chi connectivity index (χ1n) is 5.91. The van der Waals surface area contributed by atoms with Crippen molar-refractivity contribution in [1.29, 1.82) is 0 Å². The van der Waals surface area contributed by atoms with E-state index in [0.717, 1.165) is 0 Å². The standard InChI is InChI=1S/C13H14O7/c1-17-11(15)9-4-2-3-5-10(9)12(16)20-13-18-6-8(14)7-19-13/h2-5,8,13-14H,6-7H2,1H3. The molecule has 0 aliphatic carbocycles. The zero-order valence-electron chi connectivity index (χ0n) is 10.8. The number of carbonyl (C=O) groups excluding carboxylic acids is 2. The Labute approximate surface area is 115 Å². The van der Waals surface area contributed by atoms with E-state index in [2.05, 4.69) is 4.74 Å². The summed E-state index contributed by atoms with van der Waals surface area (Å²) in [5.74, 6) is -1.41. The molecule has 0 aromatic heterocycles. The average Bonchev–Trinajstić information content (AvgIpc) is 2.48. The molecule has 1 N–H and O–H groups in total. The maximum atomic E-state index is 12.0. The Balaban J connectivity index is 2.07. The molecule has 0 unspecified atom stereocenters. The number of hydrogen-bond donors (Lipinski definition) is 1. The lowest BCUT2D eigenvalue weighted by atomic mass is 10.1. The van der Waals surface area contributed by atoms with Crippen LogP contribution in [0.1, 0.15) is 20.7 Å². The SMILES string of the molecule is COC(=O)c1ccccc1C(=O)OC1OCC(O)CO1. The Bertz CT molecular complexity index is 491. The van der Waals surface area contributed by atoms with Crippen molar-refractivity contribution in [2.75, 3.05) is 20.3 Å². The molecule has 1 fully saturated rings. The lowest BCUT2D eigenvalue weighted by Crippen LogP contribution is -2.38. The average molecular weight is 282 g/mol. The molecule has 20 heavy (non-hydrogen) atoms. The molecule has 1 saturated heterocycles. The molecule has 1 heterocycles. The van der Waals surface area contributed by atoms with E-state index in [1.807, 2.05) is 0 Å². The zero-order valence-corrected chi connectivity index (χ0v) is 10.8. The molecule has 2 rings (SSSR count). The molecule has 0 atom stereocenters. The number of ether oxygens (including phenoxy) is 4. The van der Waals surface area contributed by atoms with Crippen LogP contribution in [0.15, 0.2) is 24.3 Å². The van der Waals surface area contributed by atoms with Gasteiger partial charge in [0.2, 0.25) is 0 Å². The smallest absolute Gasteiger partial charge is 0.343 e. The Kier molecular flexibility index (Phi) is 4.67. The highest BCUT2D eigenvalue weighted by atomic mass is 16.9. The first-order chi connectivity index (χ1) is 9.61. The molecule has 0 saturated carbocycles. The summed E-state index contributed by atoms with van der Waals surface area (Å²) < 4.78 is 19.5. The molecule has 0 radical (unpaired) electrons. The minimum Gasteiger partial charge on any atom is -0.465 e. The molecule has 108 valence electrons. The van der Waals surface area contributed by atoms with E-state index in [9.17, 15) is 14.7 Å². The van der Waals surface area contributed by atoms with Gasteiger partial charge in [-0.2, -0.15) is 0 Å². The summed E-state index contributed by atoms with van der Waals surface area (Å²) in [4.78, 5) is 23.5. The Morgan fingerprint density at radius 1 is 1.15 bits per heavy atom. The summed E-state index contributed by atoms with van der Waals surface area (Å²) in [6.45, 7) is -1.18. The molecule has 1 aromatic rings. The highest BCUT2D eigenvalue weighted by molar-refractivity contribution is 6.03. The van der Waals surface area contributed by atoms with Gasteiger partial charge in [0.05, 0.1) is 31.5 Å². The Morgan fingerprint density at radius 3 is 2.25 bits per heavy atom. The third kappa shape index (κ3) is 3.32. The summed E-state index contributed by atoms with van der Waals surface area (Å²) in [6, 6.07) is 6.09. The molecule has 1 aliphatic heterocycles. The van der Waals surface area contributed by atoms with Crippen molar-refractivity contribution in [2.24, 2.45) is 0 Å². The fourth-order valence-corrected chi connectivity index (χ4v) is 1.64. The van der Waals surface area contributed by atoms with E-state index < -0.39 is 24.5 Å². The normalized spacial score (nSPS) is 22.1. The van der Waals surface area contributed by atoms with E-state index in [4.69, 9.17) is 14.2 Å². The van der Waals surface area contributed by atoms with Crippen LogP contribution in [0.4, 0.5) is 0 Å². The van der Waals surface area contributed by atoms with Gasteiger partial charge >= 0.3 is 18.4 Å². The number of esters is 2. The van der Waals surface area contributed by atoms with E-state index in [0.29, 0.717) is 0 Å². The molecule has 0 amide bonds. The van der Waals surface area contributed by atoms with Crippen molar-refractivity contribution in [2.45, 2.75) is 12.6 Å². The van der Waals surface area contributed by atoms with Crippen molar-refractivity contribution in [1.82, 2.24) is 0 Å². The second-order valence-corrected chi connectivity index (χ2v) is 4.05. The predicted molar refractivity (Wildman–Crippen MR) is 64.9 cm³/mol. The van der Waals surface area contributed by atoms with Gasteiger partial charge < -0.3 is 24.1 Å². The Morgan fingerprint density at radius 2 is 1.70 bits per heavy atom. The molecular weight excluding hydrogens is 268 g/mol. The summed E-state index contributed by atoms with van der Waals surface area (Å²) in [6.07, 6.45) is -0.743. The number of benzene rings is 1. The minimum atomic E-state index is -1.20. The molecule has 0 bridgehead atoms. The van der Waals surface area contributed by atoms with Crippen LogP contribution in [0, 0.1) is 0 Å². The molecule has 1 aromatic carbocycles. The number of aliphatic hydroxyl groups is 1. The summed E-state index contributed by atoms with van der Waals surface area (Å²) in [7, 11) is 1.22. The van der Waals surface area contributed by atoms with Gasteiger partial charge in [0.1, 0.15) is 6.10 Å². The van der Waals surface area contributed by atoms with Gasteiger partial charge in [-0.15, -0.1) is 0 Å². The number of hydrogen-bond acceptors (Lipinski definition) is 7. The van der Waals surface area contributed by atoms with Crippen LogP contribution in [-0.2, 0) is 18.9 Å². The first-order valence-corrected chi connectivity index (χ1v) is 5.91. The predicted octanol–water partition coefficient (Wildman–Crippen LogP) is 0.321. The van der Waals surface area contributed by atoms with E-state index in [1.54, 1.807) is 12.1 Å². The van der Waals surface area contributed by atoms with Gasteiger partial charge in [-0.3, -0.25) is 0 Å². The number of rotatable bonds is 3. The topological polar surface area (TPSA) is 91.3 Å². The van der Waals surface area contributed by atoms with Gasteiger partial charge in [-0.1, -0.05) is 12.1 Å². The second kappa shape index (κ2) is 6.47. The van der Waals surface area contributed by atoms with Crippen LogP contribution >= 0.6 is 0 Å². The lowest BCUT2D eigenvalue weighted by Gasteiger charge is -2.25. The van der Waals surface area contributed by atoms with Gasteiger partial charge in [0.15, 0.2) is 0 Å². The molecule has 7 nitrogen and oxygen atoms in total. The van der Waals surface area contributed by atoms with Gasteiger partial charge in [0.25, 0.3) is 0 Å². The number of aliphatic hydroxyl groups excluding tert-OH is 1. The quantitative estimate of drug-likeness (QED) is 0.798. The second-order valence-electron chi connectivity index (χ2n) is 4.05. The third-order valence-electron chi connectivity index (χ3n) is 2.60. The largest absolute Gasteiger partial charge is 0.465 e. The highest BCUT2D eigenvalue weighted by Crippen LogP contribution is 2.15. The van der Waals surface area contributed by atoms with Gasteiger partial charge in [0, 0.05) is 0 Å². The van der Waals surface area contributed by atoms with Gasteiger partial charge in [-0.25, -0.2) is 9.59 Å². The van der Waals surface area contributed by atoms with Crippen molar-refractivity contribution in [3.8, 4) is 0 Å². The summed E-state index contributed by atoms with van der Waals surface area (Å²) in [5.41, 5.74) is 0.147. The van der Waals surface area contributed by atoms with E-state index in [-0.39, 0.29) is 24.3 Å². The third-order valence-corrected chi connectivity index (χ3v) is 2.60. The van der Waals surface area contributed by atoms with E-state index >= 15 is 0 Å². The maximum Gasteiger partial charge on any atom is 0.343 e. The van der Waals surface area contributed by atoms with Crippen LogP contribution in [0.2, 0.25) is 0 Å². The molecular formula is C13H14O7. The van der Waals surface area contributed by atoms with Crippen LogP contribution in [-0.4, -0.2) is 49.9 Å². The van der Waals surface area contributed by atoms with Crippen molar-refractivity contribution in [3.63, 3.8) is 0 Å².